The number of carbonyl (C=O) groups excluding carboxylic acids is 2. The second kappa shape index (κ2) is 10.2. The van der Waals surface area contributed by atoms with Gasteiger partial charge < -0.3 is 14.5 Å². The Bertz CT molecular complexity index is 1240. The van der Waals surface area contributed by atoms with Crippen LogP contribution in [0.4, 0.5) is 4.79 Å². The first-order valence-electron chi connectivity index (χ1n) is 12.4. The number of fused-ring (bicyclic) bond motifs is 2. The molecule has 2 aromatic carbocycles. The van der Waals surface area contributed by atoms with Crippen molar-refractivity contribution < 1.29 is 14.3 Å². The highest BCUT2D eigenvalue weighted by atomic mass is 35.5. The minimum atomic E-state index is -0.304. The molecule has 2 heterocycles. The lowest BCUT2D eigenvalue weighted by molar-refractivity contribution is 0.0560. The van der Waals surface area contributed by atoms with Crippen LogP contribution < -0.4 is 0 Å². The first kappa shape index (κ1) is 23.6. The molecule has 2 aliphatic rings. The van der Waals surface area contributed by atoms with Crippen molar-refractivity contribution in [2.45, 2.75) is 38.5 Å². The summed E-state index contributed by atoms with van der Waals surface area (Å²) < 4.78 is 5.22. The van der Waals surface area contributed by atoms with Gasteiger partial charge in [0, 0.05) is 43.0 Å². The van der Waals surface area contributed by atoms with E-state index in [-0.39, 0.29) is 17.9 Å². The average molecular weight is 492 g/mol. The highest BCUT2D eigenvalue weighted by Crippen LogP contribution is 2.41. The summed E-state index contributed by atoms with van der Waals surface area (Å²) in [5.74, 6) is 0.158. The number of hydrogen-bond acceptors (Lipinski definition) is 4. The van der Waals surface area contributed by atoms with Crippen molar-refractivity contribution in [1.82, 2.24) is 14.8 Å². The number of halogens is 1. The van der Waals surface area contributed by atoms with Crippen LogP contribution in [-0.2, 0) is 11.2 Å². The Morgan fingerprint density at radius 3 is 2.54 bits per heavy atom. The Hall–Kier alpha value is -3.12. The second-order valence-electron chi connectivity index (χ2n) is 9.27. The molecule has 35 heavy (non-hydrogen) atoms. The predicted octanol–water partition coefficient (Wildman–Crippen LogP) is 5.66. The van der Waals surface area contributed by atoms with Crippen LogP contribution in [0, 0.1) is 0 Å². The molecule has 0 spiro atoms. The van der Waals surface area contributed by atoms with Gasteiger partial charge in [-0.2, -0.15) is 0 Å². The number of pyridine rings is 1. The van der Waals surface area contributed by atoms with Crippen molar-refractivity contribution in [3.8, 4) is 0 Å². The van der Waals surface area contributed by atoms with Gasteiger partial charge in [0.1, 0.15) is 0 Å². The van der Waals surface area contributed by atoms with Gasteiger partial charge >= 0.3 is 6.09 Å². The maximum absolute atomic E-state index is 13.3. The molecule has 0 saturated carbocycles. The van der Waals surface area contributed by atoms with Crippen molar-refractivity contribution >= 4 is 34.5 Å². The van der Waals surface area contributed by atoms with Gasteiger partial charge in [0.05, 0.1) is 22.8 Å². The number of piperazine rings is 1. The summed E-state index contributed by atoms with van der Waals surface area (Å²) in [6.07, 6.45) is 3.52. The molecule has 7 heteroatoms. The van der Waals surface area contributed by atoms with Gasteiger partial charge in [0.2, 0.25) is 0 Å². The molecule has 0 N–H and O–H groups in total. The molecular formula is C28H30ClN3O3. The van der Waals surface area contributed by atoms with E-state index < -0.39 is 0 Å². The fourth-order valence-corrected chi connectivity index (χ4v) is 5.48. The number of amides is 2. The minimum Gasteiger partial charge on any atom is -0.449 e. The predicted molar refractivity (Wildman–Crippen MR) is 137 cm³/mol. The molecule has 182 valence electrons. The van der Waals surface area contributed by atoms with Gasteiger partial charge in [-0.3, -0.25) is 9.78 Å². The first-order chi connectivity index (χ1) is 17.1. The normalized spacial score (nSPS) is 17.8. The fraction of sp³-hybridized carbons (Fsp3) is 0.393. The van der Waals surface area contributed by atoms with E-state index >= 15 is 0 Å². The highest BCUT2D eigenvalue weighted by Gasteiger charge is 2.28. The third-order valence-corrected chi connectivity index (χ3v) is 7.43. The van der Waals surface area contributed by atoms with E-state index in [1.807, 2.05) is 31.2 Å². The molecule has 0 radical (unpaired) electrons. The monoisotopic (exact) mass is 491 g/mol. The number of carbonyl (C=O) groups is 2. The van der Waals surface area contributed by atoms with Crippen LogP contribution in [0.5, 0.6) is 0 Å². The Morgan fingerprint density at radius 2 is 1.80 bits per heavy atom. The van der Waals surface area contributed by atoms with E-state index in [0.717, 1.165) is 52.9 Å². The van der Waals surface area contributed by atoms with Crippen LogP contribution >= 0.6 is 11.6 Å². The Morgan fingerprint density at radius 1 is 1.06 bits per heavy atom. The van der Waals surface area contributed by atoms with E-state index in [4.69, 9.17) is 21.3 Å². The first-order valence-corrected chi connectivity index (χ1v) is 12.8. The molecule has 0 bridgehead atoms. The molecule has 1 unspecified atom stereocenters. The van der Waals surface area contributed by atoms with Crippen LogP contribution in [0.15, 0.2) is 48.5 Å². The zero-order valence-electron chi connectivity index (χ0n) is 20.0. The molecular weight excluding hydrogens is 462 g/mol. The third kappa shape index (κ3) is 4.72. The standard InChI is InChI=1S/C28H30ClN3O3/c1-2-17-35-28(34)32-15-13-31(14-16-32)27(33)20-11-12-22-24(18-20)30-26-21(19-7-4-3-5-8-19)9-6-10-23(26)25(22)29/h3-5,7-8,11-12,18,21H,2,6,9-10,13-17H2,1H3. The molecule has 6 nitrogen and oxygen atoms in total. The SMILES string of the molecule is CCCOC(=O)N1CCN(C(=O)c2ccc3c(Cl)c4c(nc3c2)C(c2ccccc2)CCC4)CC1. The molecule has 1 aliphatic heterocycles. The summed E-state index contributed by atoms with van der Waals surface area (Å²) in [7, 11) is 0. The smallest absolute Gasteiger partial charge is 0.409 e. The van der Waals surface area contributed by atoms with Gasteiger partial charge in [-0.25, -0.2) is 4.79 Å². The number of ether oxygens (including phenoxy) is 1. The molecule has 2 amide bonds. The Labute approximate surface area is 210 Å². The van der Waals surface area contributed by atoms with Crippen LogP contribution in [0.1, 0.15) is 59.3 Å². The van der Waals surface area contributed by atoms with Gasteiger partial charge in [-0.15, -0.1) is 0 Å². The summed E-state index contributed by atoms with van der Waals surface area (Å²) in [5, 5.41) is 1.64. The number of benzene rings is 2. The van der Waals surface area contributed by atoms with E-state index in [1.54, 1.807) is 9.80 Å². The number of hydrogen-bond donors (Lipinski definition) is 0. The van der Waals surface area contributed by atoms with E-state index in [1.165, 1.54) is 5.56 Å². The number of nitrogens with zero attached hydrogens (tertiary/aromatic N) is 3. The van der Waals surface area contributed by atoms with Crippen molar-refractivity contribution in [2.24, 2.45) is 0 Å². The van der Waals surface area contributed by atoms with Crippen molar-refractivity contribution in [1.29, 1.82) is 0 Å². The molecule has 3 aromatic rings. The largest absolute Gasteiger partial charge is 0.449 e. The van der Waals surface area contributed by atoms with Crippen molar-refractivity contribution in [2.75, 3.05) is 32.8 Å². The highest BCUT2D eigenvalue weighted by molar-refractivity contribution is 6.36. The molecule has 1 saturated heterocycles. The van der Waals surface area contributed by atoms with Gasteiger partial charge in [0.15, 0.2) is 0 Å². The topological polar surface area (TPSA) is 62.7 Å². The van der Waals surface area contributed by atoms with Crippen LogP contribution in [0.25, 0.3) is 10.9 Å². The molecule has 1 atom stereocenters. The summed E-state index contributed by atoms with van der Waals surface area (Å²) in [5.41, 5.74) is 4.76. The number of aromatic nitrogens is 1. The maximum Gasteiger partial charge on any atom is 0.409 e. The van der Waals surface area contributed by atoms with Crippen molar-refractivity contribution in [3.05, 3.63) is 75.9 Å². The number of rotatable bonds is 4. The van der Waals surface area contributed by atoms with Crippen molar-refractivity contribution in [3.63, 3.8) is 0 Å². The fourth-order valence-electron chi connectivity index (χ4n) is 5.13. The zero-order chi connectivity index (χ0) is 24.4. The summed E-state index contributed by atoms with van der Waals surface area (Å²) in [6.45, 7) is 4.28. The lowest BCUT2D eigenvalue weighted by Crippen LogP contribution is -2.50. The van der Waals surface area contributed by atoms with Crippen LogP contribution in [-0.4, -0.2) is 59.6 Å². The molecule has 5 rings (SSSR count). The molecule has 1 aromatic heterocycles. The maximum atomic E-state index is 13.3. The van der Waals surface area contributed by atoms with E-state index in [2.05, 4.69) is 24.3 Å². The third-order valence-electron chi connectivity index (χ3n) is 7.00. The van der Waals surface area contributed by atoms with Crippen LogP contribution in [0.3, 0.4) is 0 Å². The van der Waals surface area contributed by atoms with Gasteiger partial charge in [0.25, 0.3) is 5.91 Å². The lowest BCUT2D eigenvalue weighted by Gasteiger charge is -2.34. The lowest BCUT2D eigenvalue weighted by atomic mass is 9.81. The zero-order valence-corrected chi connectivity index (χ0v) is 20.8. The Balaban J connectivity index is 1.39. The molecule has 1 fully saturated rings. The quantitative estimate of drug-likeness (QED) is 0.472. The summed E-state index contributed by atoms with van der Waals surface area (Å²) >= 11 is 6.89. The summed E-state index contributed by atoms with van der Waals surface area (Å²) in [4.78, 5) is 33.9. The van der Waals surface area contributed by atoms with E-state index in [9.17, 15) is 9.59 Å². The Kier molecular flexibility index (Phi) is 6.91. The van der Waals surface area contributed by atoms with Gasteiger partial charge in [-0.1, -0.05) is 54.9 Å². The second-order valence-corrected chi connectivity index (χ2v) is 9.65. The van der Waals surface area contributed by atoms with Crippen LogP contribution in [0.2, 0.25) is 5.02 Å². The summed E-state index contributed by atoms with van der Waals surface area (Å²) in [6, 6.07) is 16.1. The van der Waals surface area contributed by atoms with E-state index in [0.29, 0.717) is 38.3 Å². The average Bonchev–Trinajstić information content (AvgIpc) is 2.91. The van der Waals surface area contributed by atoms with Gasteiger partial charge in [-0.05, 0) is 48.9 Å². The minimum absolute atomic E-state index is 0.0521. The molecule has 1 aliphatic carbocycles.